The number of rotatable bonds is 7. The minimum absolute atomic E-state index is 0.985. The lowest BCUT2D eigenvalue weighted by Gasteiger charge is -2.38. The second-order valence-corrected chi connectivity index (χ2v) is 7.54. The zero-order valence-electron chi connectivity index (χ0n) is 14.4. The Balaban J connectivity index is 1.62. The lowest BCUT2D eigenvalue weighted by molar-refractivity contribution is 0.141. The van der Waals surface area contributed by atoms with E-state index in [1.54, 1.807) is 7.11 Å². The van der Waals surface area contributed by atoms with Gasteiger partial charge in [-0.2, -0.15) is 0 Å². The summed E-state index contributed by atoms with van der Waals surface area (Å²) in [6.45, 7) is 2.34. The van der Waals surface area contributed by atoms with Crippen molar-refractivity contribution in [3.8, 4) is 0 Å². The molecule has 2 fully saturated rings. The van der Waals surface area contributed by atoms with E-state index >= 15 is 0 Å². The minimum atomic E-state index is 0.985. The van der Waals surface area contributed by atoms with Crippen LogP contribution < -0.4 is 0 Å². The molecule has 0 atom stereocenters. The third-order valence-corrected chi connectivity index (χ3v) is 6.12. The molecule has 2 saturated carbocycles. The fourth-order valence-electron chi connectivity index (χ4n) is 4.80. The van der Waals surface area contributed by atoms with Crippen molar-refractivity contribution in [2.75, 3.05) is 7.11 Å². The standard InChI is InChI=1S/C20H36O/c1-3-6-17-8-12-19(13-9-17)20-14-10-18(11-15-20)7-4-5-16-21-2/h5,16-20H,3-4,6-15H2,1-2H3/b16-5+. The molecule has 2 rings (SSSR count). The van der Waals surface area contributed by atoms with Crippen molar-refractivity contribution < 1.29 is 4.74 Å². The number of hydrogen-bond acceptors (Lipinski definition) is 1. The maximum atomic E-state index is 4.97. The van der Waals surface area contributed by atoms with E-state index in [2.05, 4.69) is 13.0 Å². The molecule has 0 heterocycles. The molecule has 1 heteroatoms. The number of methoxy groups -OCH3 is 1. The van der Waals surface area contributed by atoms with Crippen molar-refractivity contribution in [1.82, 2.24) is 0 Å². The predicted molar refractivity (Wildman–Crippen MR) is 91.2 cm³/mol. The van der Waals surface area contributed by atoms with E-state index < -0.39 is 0 Å². The molecule has 0 aromatic carbocycles. The van der Waals surface area contributed by atoms with Crippen LogP contribution in [0.3, 0.4) is 0 Å². The average molecular weight is 293 g/mol. The highest BCUT2D eigenvalue weighted by molar-refractivity contribution is 4.83. The van der Waals surface area contributed by atoms with E-state index in [1.807, 2.05) is 6.26 Å². The highest BCUT2D eigenvalue weighted by atomic mass is 16.5. The van der Waals surface area contributed by atoms with Crippen LogP contribution >= 0.6 is 0 Å². The smallest absolute Gasteiger partial charge is 0.0784 e. The summed E-state index contributed by atoms with van der Waals surface area (Å²) in [6, 6.07) is 0. The van der Waals surface area contributed by atoms with Crippen LogP contribution in [0.5, 0.6) is 0 Å². The van der Waals surface area contributed by atoms with Gasteiger partial charge >= 0.3 is 0 Å². The van der Waals surface area contributed by atoms with Crippen LogP contribution in [0.2, 0.25) is 0 Å². The average Bonchev–Trinajstić information content (AvgIpc) is 2.53. The van der Waals surface area contributed by atoms with Crippen molar-refractivity contribution in [3.05, 3.63) is 12.3 Å². The summed E-state index contributed by atoms with van der Waals surface area (Å²) < 4.78 is 4.97. The highest BCUT2D eigenvalue weighted by Gasteiger charge is 2.30. The summed E-state index contributed by atoms with van der Waals surface area (Å²) in [6.07, 6.45) is 21.6. The molecule has 0 amide bonds. The van der Waals surface area contributed by atoms with Gasteiger partial charge in [0.1, 0.15) is 0 Å². The van der Waals surface area contributed by atoms with Gasteiger partial charge in [0.2, 0.25) is 0 Å². The molecule has 1 nitrogen and oxygen atoms in total. The van der Waals surface area contributed by atoms with Crippen molar-refractivity contribution in [1.29, 1.82) is 0 Å². The lowest BCUT2D eigenvalue weighted by Crippen LogP contribution is -2.25. The third-order valence-electron chi connectivity index (χ3n) is 6.12. The molecule has 0 aromatic heterocycles. The Labute approximate surface area is 132 Å². The van der Waals surface area contributed by atoms with Gasteiger partial charge in [0.25, 0.3) is 0 Å². The van der Waals surface area contributed by atoms with Crippen LogP contribution in [-0.4, -0.2) is 7.11 Å². The molecule has 21 heavy (non-hydrogen) atoms. The molecule has 0 spiro atoms. The summed E-state index contributed by atoms with van der Waals surface area (Å²) in [5.74, 6) is 4.19. The second-order valence-electron chi connectivity index (χ2n) is 7.54. The van der Waals surface area contributed by atoms with E-state index in [0.717, 1.165) is 23.7 Å². The predicted octanol–water partition coefficient (Wildman–Crippen LogP) is 6.34. The first-order valence-electron chi connectivity index (χ1n) is 9.51. The monoisotopic (exact) mass is 292 g/mol. The van der Waals surface area contributed by atoms with Crippen LogP contribution in [0.25, 0.3) is 0 Å². The van der Waals surface area contributed by atoms with E-state index in [-0.39, 0.29) is 0 Å². The topological polar surface area (TPSA) is 9.23 Å². The molecule has 2 aliphatic rings. The van der Waals surface area contributed by atoms with Gasteiger partial charge in [-0.15, -0.1) is 0 Å². The van der Waals surface area contributed by atoms with E-state index in [1.165, 1.54) is 77.0 Å². The molecule has 2 aliphatic carbocycles. The van der Waals surface area contributed by atoms with Crippen molar-refractivity contribution >= 4 is 0 Å². The van der Waals surface area contributed by atoms with Crippen LogP contribution in [0, 0.1) is 23.7 Å². The first kappa shape index (κ1) is 16.9. The summed E-state index contributed by atoms with van der Waals surface area (Å²) in [7, 11) is 1.73. The summed E-state index contributed by atoms with van der Waals surface area (Å²) in [4.78, 5) is 0. The maximum absolute atomic E-state index is 4.97. The van der Waals surface area contributed by atoms with Crippen molar-refractivity contribution in [2.24, 2.45) is 23.7 Å². The van der Waals surface area contributed by atoms with Gasteiger partial charge in [-0.25, -0.2) is 0 Å². The fraction of sp³-hybridized carbons (Fsp3) is 0.900. The Kier molecular flexibility index (Phi) is 7.68. The number of hydrogen-bond donors (Lipinski definition) is 0. The lowest BCUT2D eigenvalue weighted by atomic mass is 9.68. The molecule has 0 bridgehead atoms. The molecule has 0 saturated heterocycles. The quantitative estimate of drug-likeness (QED) is 0.497. The Hall–Kier alpha value is -0.460. The molecule has 0 aromatic rings. The zero-order valence-corrected chi connectivity index (χ0v) is 14.4. The first-order chi connectivity index (χ1) is 10.3. The Morgan fingerprint density at radius 2 is 1.33 bits per heavy atom. The van der Waals surface area contributed by atoms with E-state index in [9.17, 15) is 0 Å². The Morgan fingerprint density at radius 3 is 1.81 bits per heavy atom. The SMILES string of the molecule is CCCC1CCC(C2CCC(CC/C=C/OC)CC2)CC1. The van der Waals surface area contributed by atoms with Crippen molar-refractivity contribution in [2.45, 2.75) is 84.0 Å². The summed E-state index contributed by atoms with van der Waals surface area (Å²) in [5, 5.41) is 0. The molecule has 0 aliphatic heterocycles. The molecule has 0 radical (unpaired) electrons. The van der Waals surface area contributed by atoms with Gasteiger partial charge in [0.15, 0.2) is 0 Å². The minimum Gasteiger partial charge on any atom is -0.505 e. The number of allylic oxidation sites excluding steroid dienone is 1. The van der Waals surface area contributed by atoms with Crippen molar-refractivity contribution in [3.63, 3.8) is 0 Å². The second kappa shape index (κ2) is 9.54. The van der Waals surface area contributed by atoms with E-state index in [4.69, 9.17) is 4.74 Å². The molecular weight excluding hydrogens is 256 g/mol. The van der Waals surface area contributed by atoms with Gasteiger partial charge in [-0.05, 0) is 68.3 Å². The zero-order chi connectivity index (χ0) is 14.9. The number of ether oxygens (including phenoxy) is 1. The van der Waals surface area contributed by atoms with Gasteiger partial charge in [-0.1, -0.05) is 45.4 Å². The van der Waals surface area contributed by atoms with Gasteiger partial charge in [0, 0.05) is 0 Å². The van der Waals surface area contributed by atoms with Crippen LogP contribution in [0.4, 0.5) is 0 Å². The molecular formula is C20H36O. The largest absolute Gasteiger partial charge is 0.505 e. The van der Waals surface area contributed by atoms with Crippen LogP contribution in [-0.2, 0) is 4.74 Å². The molecule has 122 valence electrons. The summed E-state index contributed by atoms with van der Waals surface area (Å²) in [5.41, 5.74) is 0. The maximum Gasteiger partial charge on any atom is 0.0784 e. The Morgan fingerprint density at radius 1 is 0.810 bits per heavy atom. The first-order valence-corrected chi connectivity index (χ1v) is 9.51. The molecule has 0 N–H and O–H groups in total. The van der Waals surface area contributed by atoms with Gasteiger partial charge in [-0.3, -0.25) is 0 Å². The van der Waals surface area contributed by atoms with Crippen LogP contribution in [0.15, 0.2) is 12.3 Å². The highest BCUT2D eigenvalue weighted by Crippen LogP contribution is 2.42. The molecule has 0 unspecified atom stereocenters. The Bertz CT molecular complexity index is 280. The van der Waals surface area contributed by atoms with Gasteiger partial charge < -0.3 is 4.74 Å². The summed E-state index contributed by atoms with van der Waals surface area (Å²) >= 11 is 0. The third kappa shape index (κ3) is 5.68. The normalized spacial score (nSPS) is 34.2. The van der Waals surface area contributed by atoms with E-state index in [0.29, 0.717) is 0 Å². The van der Waals surface area contributed by atoms with Gasteiger partial charge in [0.05, 0.1) is 13.4 Å². The van der Waals surface area contributed by atoms with Crippen LogP contribution in [0.1, 0.15) is 84.0 Å². The fourth-order valence-corrected chi connectivity index (χ4v) is 4.80.